The molecule has 0 fully saturated rings. The number of hydrogen-bond acceptors (Lipinski definition) is 4. The molecule has 1 atom stereocenters. The van der Waals surface area contributed by atoms with E-state index < -0.39 is 0 Å². The molecule has 0 radical (unpaired) electrons. The quantitative estimate of drug-likeness (QED) is 0.489. The van der Waals surface area contributed by atoms with Crippen molar-refractivity contribution in [2.75, 3.05) is 20.8 Å². The third-order valence-corrected chi connectivity index (χ3v) is 5.95. The van der Waals surface area contributed by atoms with Gasteiger partial charge in [-0.05, 0) is 47.4 Å². The van der Waals surface area contributed by atoms with Crippen LogP contribution >= 0.6 is 0 Å². The summed E-state index contributed by atoms with van der Waals surface area (Å²) in [7, 11) is 3.39. The Morgan fingerprint density at radius 3 is 2.47 bits per heavy atom. The van der Waals surface area contributed by atoms with Gasteiger partial charge in [-0.2, -0.15) is 0 Å². The van der Waals surface area contributed by atoms with E-state index in [2.05, 4.69) is 75.1 Å². The molecule has 0 spiro atoms. The molecule has 0 unspecified atom stereocenters. The summed E-state index contributed by atoms with van der Waals surface area (Å²) in [6.45, 7) is 1.72. The van der Waals surface area contributed by atoms with Crippen LogP contribution in [0, 0.1) is 0 Å². The highest BCUT2D eigenvalue weighted by Gasteiger charge is 2.30. The molecule has 0 bridgehead atoms. The summed E-state index contributed by atoms with van der Waals surface area (Å²) in [5.74, 6) is 1.56. The third-order valence-electron chi connectivity index (χ3n) is 5.95. The SMILES string of the molecule is COc1cc2c(cc1OC)[C@@H](c1ccccc1)N(Cn1cnc3ccccc31)CC2. The monoisotopic (exact) mass is 399 g/mol. The van der Waals surface area contributed by atoms with Crippen LogP contribution < -0.4 is 9.47 Å². The van der Waals surface area contributed by atoms with E-state index in [1.165, 1.54) is 16.7 Å². The minimum atomic E-state index is 0.135. The van der Waals surface area contributed by atoms with Gasteiger partial charge in [0.1, 0.15) is 0 Å². The average Bonchev–Trinajstić information content (AvgIpc) is 3.21. The first-order valence-electron chi connectivity index (χ1n) is 10.2. The molecule has 1 aliphatic rings. The van der Waals surface area contributed by atoms with Crippen LogP contribution in [0.3, 0.4) is 0 Å². The number of imidazole rings is 1. The fraction of sp³-hybridized carbons (Fsp3) is 0.240. The number of hydrogen-bond donors (Lipinski definition) is 0. The molecule has 5 heteroatoms. The molecule has 0 aliphatic carbocycles. The third kappa shape index (κ3) is 3.21. The van der Waals surface area contributed by atoms with E-state index in [0.717, 1.165) is 42.2 Å². The lowest BCUT2D eigenvalue weighted by atomic mass is 9.88. The number of aromatic nitrogens is 2. The molecular weight excluding hydrogens is 374 g/mol. The Labute approximate surface area is 176 Å². The van der Waals surface area contributed by atoms with Crippen molar-refractivity contribution in [1.82, 2.24) is 14.5 Å². The smallest absolute Gasteiger partial charge is 0.161 e. The Morgan fingerprint density at radius 1 is 0.933 bits per heavy atom. The van der Waals surface area contributed by atoms with Crippen LogP contribution in [0.25, 0.3) is 11.0 Å². The molecule has 0 N–H and O–H groups in total. The molecule has 0 saturated carbocycles. The lowest BCUT2D eigenvalue weighted by Crippen LogP contribution is -2.37. The number of fused-ring (bicyclic) bond motifs is 2. The normalized spacial score (nSPS) is 16.4. The lowest BCUT2D eigenvalue weighted by molar-refractivity contribution is 0.167. The van der Waals surface area contributed by atoms with Crippen molar-refractivity contribution in [3.05, 3.63) is 89.7 Å². The van der Waals surface area contributed by atoms with E-state index in [1.807, 2.05) is 12.4 Å². The molecule has 2 heterocycles. The van der Waals surface area contributed by atoms with Crippen LogP contribution in [0.15, 0.2) is 73.1 Å². The summed E-state index contributed by atoms with van der Waals surface area (Å²) in [6, 6.07) is 23.4. The van der Waals surface area contributed by atoms with Gasteiger partial charge in [-0.3, -0.25) is 4.90 Å². The minimum absolute atomic E-state index is 0.135. The molecule has 5 nitrogen and oxygen atoms in total. The second-order valence-electron chi connectivity index (χ2n) is 7.63. The van der Waals surface area contributed by atoms with E-state index in [4.69, 9.17) is 9.47 Å². The zero-order chi connectivity index (χ0) is 20.5. The molecule has 0 amide bonds. The average molecular weight is 399 g/mol. The molecule has 1 aliphatic heterocycles. The number of para-hydroxylation sites is 2. The summed E-state index contributed by atoms with van der Waals surface area (Å²) in [5.41, 5.74) is 6.04. The zero-order valence-corrected chi connectivity index (χ0v) is 17.3. The summed E-state index contributed by atoms with van der Waals surface area (Å²) in [6.07, 6.45) is 2.91. The first-order chi connectivity index (χ1) is 14.8. The second-order valence-corrected chi connectivity index (χ2v) is 7.63. The predicted octanol–water partition coefficient (Wildman–Crippen LogP) is 4.66. The van der Waals surface area contributed by atoms with Crippen molar-refractivity contribution < 1.29 is 9.47 Å². The fourth-order valence-electron chi connectivity index (χ4n) is 4.49. The van der Waals surface area contributed by atoms with E-state index in [0.29, 0.717) is 0 Å². The molecule has 30 heavy (non-hydrogen) atoms. The van der Waals surface area contributed by atoms with Crippen molar-refractivity contribution >= 4 is 11.0 Å². The van der Waals surface area contributed by atoms with Gasteiger partial charge in [0.05, 0.1) is 44.3 Å². The predicted molar refractivity (Wildman–Crippen MR) is 118 cm³/mol. The zero-order valence-electron chi connectivity index (χ0n) is 17.3. The number of rotatable bonds is 5. The van der Waals surface area contributed by atoms with Crippen LogP contribution in [0.1, 0.15) is 22.7 Å². The maximum Gasteiger partial charge on any atom is 0.161 e. The van der Waals surface area contributed by atoms with E-state index in [-0.39, 0.29) is 6.04 Å². The van der Waals surface area contributed by atoms with Crippen molar-refractivity contribution in [3.63, 3.8) is 0 Å². The van der Waals surface area contributed by atoms with E-state index in [1.54, 1.807) is 14.2 Å². The van der Waals surface area contributed by atoms with E-state index in [9.17, 15) is 0 Å². The van der Waals surface area contributed by atoms with Crippen molar-refractivity contribution in [1.29, 1.82) is 0 Å². The van der Waals surface area contributed by atoms with Gasteiger partial charge in [0, 0.05) is 6.54 Å². The van der Waals surface area contributed by atoms with Crippen LogP contribution in [0.4, 0.5) is 0 Å². The van der Waals surface area contributed by atoms with Gasteiger partial charge in [-0.15, -0.1) is 0 Å². The second kappa shape index (κ2) is 7.84. The Kier molecular flexibility index (Phi) is 4.89. The van der Waals surface area contributed by atoms with Gasteiger partial charge in [0.15, 0.2) is 11.5 Å². The number of ether oxygens (including phenoxy) is 2. The Bertz CT molecular complexity index is 1170. The highest BCUT2D eigenvalue weighted by molar-refractivity contribution is 5.74. The van der Waals surface area contributed by atoms with Crippen molar-refractivity contribution in [2.45, 2.75) is 19.1 Å². The summed E-state index contributed by atoms with van der Waals surface area (Å²) in [4.78, 5) is 7.09. The van der Waals surface area contributed by atoms with Crippen LogP contribution in [-0.2, 0) is 13.1 Å². The number of nitrogens with zero attached hydrogens (tertiary/aromatic N) is 3. The standard InChI is InChI=1S/C25H25N3O2/c1-29-23-14-19-12-13-27(17-28-16-26-21-10-6-7-11-22(21)28)25(18-8-4-3-5-9-18)20(19)15-24(23)30-2/h3-11,14-16,25H,12-13,17H2,1-2H3/t25-/m1/s1. The Hall–Kier alpha value is -3.31. The fourth-order valence-corrected chi connectivity index (χ4v) is 4.49. The highest BCUT2D eigenvalue weighted by Crippen LogP contribution is 2.41. The first-order valence-corrected chi connectivity index (χ1v) is 10.2. The summed E-state index contributed by atoms with van der Waals surface area (Å²) < 4.78 is 13.4. The van der Waals surface area contributed by atoms with Crippen LogP contribution in [0.2, 0.25) is 0 Å². The Morgan fingerprint density at radius 2 is 1.67 bits per heavy atom. The maximum atomic E-state index is 5.63. The molecule has 5 rings (SSSR count). The number of methoxy groups -OCH3 is 2. The highest BCUT2D eigenvalue weighted by atomic mass is 16.5. The number of benzene rings is 3. The molecule has 4 aromatic rings. The lowest BCUT2D eigenvalue weighted by Gasteiger charge is -2.38. The van der Waals surface area contributed by atoms with Crippen molar-refractivity contribution in [3.8, 4) is 11.5 Å². The van der Waals surface area contributed by atoms with Crippen LogP contribution in [-0.4, -0.2) is 35.2 Å². The minimum Gasteiger partial charge on any atom is -0.493 e. The first kappa shape index (κ1) is 18.7. The van der Waals surface area contributed by atoms with Gasteiger partial charge < -0.3 is 14.0 Å². The summed E-state index contributed by atoms with van der Waals surface area (Å²) in [5, 5.41) is 0. The van der Waals surface area contributed by atoms with Gasteiger partial charge in [0.2, 0.25) is 0 Å². The summed E-state index contributed by atoms with van der Waals surface area (Å²) >= 11 is 0. The molecule has 3 aromatic carbocycles. The molecule has 152 valence electrons. The van der Waals surface area contributed by atoms with Crippen molar-refractivity contribution in [2.24, 2.45) is 0 Å². The van der Waals surface area contributed by atoms with Gasteiger partial charge in [-0.1, -0.05) is 42.5 Å². The molecule has 0 saturated heterocycles. The molecular formula is C25H25N3O2. The van der Waals surface area contributed by atoms with Gasteiger partial charge in [-0.25, -0.2) is 4.98 Å². The van der Waals surface area contributed by atoms with E-state index >= 15 is 0 Å². The Balaban J connectivity index is 1.59. The maximum absolute atomic E-state index is 5.63. The molecule has 1 aromatic heterocycles. The van der Waals surface area contributed by atoms with Crippen LogP contribution in [0.5, 0.6) is 11.5 Å². The van der Waals surface area contributed by atoms with Gasteiger partial charge >= 0.3 is 0 Å². The topological polar surface area (TPSA) is 39.5 Å². The largest absolute Gasteiger partial charge is 0.493 e. The van der Waals surface area contributed by atoms with Gasteiger partial charge in [0.25, 0.3) is 0 Å².